The van der Waals surface area contributed by atoms with Crippen LogP contribution >= 0.6 is 0 Å². The average molecular weight is 513 g/mol. The molecular formula is C34H44N2O2. The highest BCUT2D eigenvalue weighted by Crippen LogP contribution is 2.35. The van der Waals surface area contributed by atoms with Gasteiger partial charge >= 0.3 is 0 Å². The van der Waals surface area contributed by atoms with Crippen molar-refractivity contribution in [2.75, 3.05) is 13.2 Å². The average Bonchev–Trinajstić information content (AvgIpc) is 2.91. The second kappa shape index (κ2) is 16.4. The van der Waals surface area contributed by atoms with Crippen LogP contribution in [0.4, 0.5) is 0 Å². The fourth-order valence-corrected chi connectivity index (χ4v) is 4.36. The van der Waals surface area contributed by atoms with Gasteiger partial charge in [0.1, 0.15) is 11.5 Å². The number of unbranched alkanes of at least 4 members (excludes halogenated alkanes) is 6. The van der Waals surface area contributed by atoms with Gasteiger partial charge in [0, 0.05) is 11.1 Å². The molecule has 0 saturated heterocycles. The van der Waals surface area contributed by atoms with Crippen molar-refractivity contribution >= 4 is 17.3 Å². The molecule has 0 amide bonds. The summed E-state index contributed by atoms with van der Waals surface area (Å²) in [4.78, 5) is 3.93. The number of hydrogen-bond acceptors (Lipinski definition) is 3. The smallest absolute Gasteiger partial charge is 0.195 e. The lowest BCUT2D eigenvalue weighted by Gasteiger charge is -2.16. The third kappa shape index (κ3) is 8.81. The highest BCUT2D eigenvalue weighted by molar-refractivity contribution is 5.90. The van der Waals surface area contributed by atoms with Crippen LogP contribution in [0.1, 0.15) is 106 Å². The Bertz CT molecular complexity index is 1210. The van der Waals surface area contributed by atoms with E-state index in [2.05, 4.69) is 50.7 Å². The number of rotatable bonds is 15. The molecule has 2 aromatic carbocycles. The summed E-state index contributed by atoms with van der Waals surface area (Å²) in [5.41, 5.74) is 6.87. The molecule has 0 aliphatic heterocycles. The number of ether oxygens (including phenoxy) is 2. The molecule has 0 aliphatic carbocycles. The van der Waals surface area contributed by atoms with Gasteiger partial charge in [-0.3, -0.25) is 0 Å². The number of allylic oxidation sites excluding steroid dienone is 2. The fraction of sp³-hybridized carbons (Fsp3) is 0.471. The van der Waals surface area contributed by atoms with Gasteiger partial charge in [0.05, 0.1) is 31.4 Å². The lowest BCUT2D eigenvalue weighted by atomic mass is 9.96. The van der Waals surface area contributed by atoms with E-state index >= 15 is 0 Å². The molecule has 0 spiro atoms. The number of hydrogen-bond donors (Lipinski definition) is 0. The van der Waals surface area contributed by atoms with Crippen molar-refractivity contribution in [3.63, 3.8) is 0 Å². The van der Waals surface area contributed by atoms with Crippen molar-refractivity contribution in [3.8, 4) is 17.6 Å². The molecule has 202 valence electrons. The summed E-state index contributed by atoms with van der Waals surface area (Å²) in [6, 6.07) is 10.4. The maximum atomic E-state index is 9.71. The van der Waals surface area contributed by atoms with Crippen LogP contribution in [0.5, 0.6) is 11.5 Å². The number of benzene rings is 2. The standard InChI is InChI=1S/C34H44N2O2/c1-8-11-13-15-17-37-33-21-26(5)25(4)19-29(33)22-32(36-7)30-23-34(38-18-16-14-12-9-2)31(20-27(30)6)28(10-3)24-35/h10,19-23H,8-9,11-18H2,1-6H3/b28-10+,32-22-. The van der Waals surface area contributed by atoms with Gasteiger partial charge in [-0.15, -0.1) is 0 Å². The van der Waals surface area contributed by atoms with Crippen LogP contribution in [0, 0.1) is 38.7 Å². The maximum absolute atomic E-state index is 9.71. The van der Waals surface area contributed by atoms with E-state index in [-0.39, 0.29) is 0 Å². The van der Waals surface area contributed by atoms with Crippen molar-refractivity contribution in [3.05, 3.63) is 75.1 Å². The van der Waals surface area contributed by atoms with Crippen molar-refractivity contribution < 1.29 is 9.47 Å². The first-order valence-electron chi connectivity index (χ1n) is 14.1. The normalized spacial score (nSPS) is 11.7. The summed E-state index contributed by atoms with van der Waals surface area (Å²) in [5.74, 6) is 1.46. The zero-order valence-electron chi connectivity index (χ0n) is 24.2. The summed E-state index contributed by atoms with van der Waals surface area (Å²) in [7, 11) is 0. The van der Waals surface area contributed by atoms with Crippen LogP contribution in [-0.4, -0.2) is 13.2 Å². The second-order valence-corrected chi connectivity index (χ2v) is 9.91. The Morgan fingerprint density at radius 2 is 1.42 bits per heavy atom. The Kier molecular flexibility index (Phi) is 13.2. The Labute approximate surface area is 230 Å². The largest absolute Gasteiger partial charge is 0.493 e. The first-order valence-corrected chi connectivity index (χ1v) is 14.1. The van der Waals surface area contributed by atoms with Gasteiger partial charge in [0.2, 0.25) is 0 Å². The van der Waals surface area contributed by atoms with Crippen LogP contribution in [0.25, 0.3) is 22.2 Å². The Morgan fingerprint density at radius 1 is 0.816 bits per heavy atom. The predicted octanol–water partition coefficient (Wildman–Crippen LogP) is 9.87. The molecule has 0 atom stereocenters. The zero-order chi connectivity index (χ0) is 27.9. The lowest BCUT2D eigenvalue weighted by molar-refractivity contribution is 0.304. The molecule has 0 aromatic heterocycles. The van der Waals surface area contributed by atoms with E-state index in [4.69, 9.17) is 16.0 Å². The van der Waals surface area contributed by atoms with Gasteiger partial charge in [-0.1, -0.05) is 64.0 Å². The quantitative estimate of drug-likeness (QED) is 0.103. The third-order valence-electron chi connectivity index (χ3n) is 6.85. The third-order valence-corrected chi connectivity index (χ3v) is 6.85. The highest BCUT2D eigenvalue weighted by Gasteiger charge is 2.16. The molecule has 2 rings (SSSR count). The van der Waals surface area contributed by atoms with Crippen LogP contribution in [0.3, 0.4) is 0 Å². The van der Waals surface area contributed by atoms with Crippen molar-refractivity contribution in [1.82, 2.24) is 0 Å². The maximum Gasteiger partial charge on any atom is 0.195 e. The van der Waals surface area contributed by atoms with E-state index in [0.717, 1.165) is 59.3 Å². The summed E-state index contributed by atoms with van der Waals surface area (Å²) in [5, 5.41) is 9.71. The minimum Gasteiger partial charge on any atom is -0.493 e. The summed E-state index contributed by atoms with van der Waals surface area (Å²) >= 11 is 0. The summed E-state index contributed by atoms with van der Waals surface area (Å²) in [6.45, 7) is 21.7. The van der Waals surface area contributed by atoms with Crippen LogP contribution < -0.4 is 9.47 Å². The molecule has 4 nitrogen and oxygen atoms in total. The Hall–Kier alpha value is -3.50. The monoisotopic (exact) mass is 512 g/mol. The van der Waals surface area contributed by atoms with Crippen LogP contribution in [0.15, 0.2) is 30.3 Å². The summed E-state index contributed by atoms with van der Waals surface area (Å²) in [6.07, 6.45) is 12.7. The molecule has 0 heterocycles. The molecule has 0 bridgehead atoms. The zero-order valence-corrected chi connectivity index (χ0v) is 24.2. The van der Waals surface area contributed by atoms with Gasteiger partial charge < -0.3 is 9.47 Å². The first kappa shape index (κ1) is 30.7. The summed E-state index contributed by atoms with van der Waals surface area (Å²) < 4.78 is 12.4. The molecular weight excluding hydrogens is 468 g/mol. The molecule has 38 heavy (non-hydrogen) atoms. The van der Waals surface area contributed by atoms with E-state index in [1.54, 1.807) is 0 Å². The van der Waals surface area contributed by atoms with E-state index in [9.17, 15) is 5.26 Å². The molecule has 0 radical (unpaired) electrons. The number of nitriles is 1. The number of nitrogens with zero attached hydrogens (tertiary/aromatic N) is 2. The van der Waals surface area contributed by atoms with Gasteiger partial charge in [-0.25, -0.2) is 4.85 Å². The molecule has 0 fully saturated rings. The predicted molar refractivity (Wildman–Crippen MR) is 160 cm³/mol. The lowest BCUT2D eigenvalue weighted by Crippen LogP contribution is -2.02. The van der Waals surface area contributed by atoms with Gasteiger partial charge in [0.25, 0.3) is 0 Å². The SMILES string of the molecule is [C-]#[N+]/C(=C\c1cc(C)c(C)cc1OCCCCCC)c1cc(OCCCCCC)c(/C(C#N)=C/C)cc1C. The van der Waals surface area contributed by atoms with Crippen molar-refractivity contribution in [2.45, 2.75) is 92.9 Å². The number of aryl methyl sites for hydroxylation is 3. The first-order chi connectivity index (χ1) is 18.4. The molecule has 4 heteroatoms. The van der Waals surface area contributed by atoms with Crippen LogP contribution in [-0.2, 0) is 0 Å². The van der Waals surface area contributed by atoms with E-state index in [1.165, 1.54) is 31.2 Å². The second-order valence-electron chi connectivity index (χ2n) is 9.91. The molecule has 0 N–H and O–H groups in total. The molecule has 0 aliphatic rings. The van der Waals surface area contributed by atoms with Gasteiger partial charge in [-0.2, -0.15) is 5.26 Å². The molecule has 0 saturated carbocycles. The minimum atomic E-state index is 0.531. The molecule has 0 unspecified atom stereocenters. The van der Waals surface area contributed by atoms with Crippen molar-refractivity contribution in [1.29, 1.82) is 5.26 Å². The van der Waals surface area contributed by atoms with E-state index < -0.39 is 0 Å². The fourth-order valence-electron chi connectivity index (χ4n) is 4.36. The van der Waals surface area contributed by atoms with E-state index in [1.807, 2.05) is 38.1 Å². The van der Waals surface area contributed by atoms with Crippen LogP contribution in [0.2, 0.25) is 0 Å². The van der Waals surface area contributed by atoms with Gasteiger partial charge in [0.15, 0.2) is 5.70 Å². The van der Waals surface area contributed by atoms with Gasteiger partial charge in [-0.05, 0) is 87.6 Å². The highest BCUT2D eigenvalue weighted by atomic mass is 16.5. The van der Waals surface area contributed by atoms with Crippen molar-refractivity contribution in [2.24, 2.45) is 0 Å². The Balaban J connectivity index is 2.49. The Morgan fingerprint density at radius 3 is 1.97 bits per heavy atom. The minimum absolute atomic E-state index is 0.531. The topological polar surface area (TPSA) is 46.6 Å². The molecule has 2 aromatic rings. The van der Waals surface area contributed by atoms with E-state index in [0.29, 0.717) is 30.2 Å².